The monoisotopic (exact) mass is 444 g/mol. The van der Waals surface area contributed by atoms with E-state index in [4.69, 9.17) is 42.9 Å². The van der Waals surface area contributed by atoms with Gasteiger partial charge in [0.25, 0.3) is 0 Å². The summed E-state index contributed by atoms with van der Waals surface area (Å²) in [4.78, 5) is 33.8. The van der Waals surface area contributed by atoms with Crippen molar-refractivity contribution >= 4 is 12.3 Å². The zero-order chi connectivity index (χ0) is 23.2. The predicted molar refractivity (Wildman–Crippen MR) is 101 cm³/mol. The summed E-state index contributed by atoms with van der Waals surface area (Å²) in [6, 6.07) is 0. The van der Waals surface area contributed by atoms with Crippen molar-refractivity contribution in [1.29, 1.82) is 0 Å². The molecule has 3 saturated heterocycles. The number of cyclic esters (lactones) is 3. The average Bonchev–Trinajstić information content (AvgIpc) is 3.16. The average molecular weight is 444 g/mol. The fraction of sp³-hybridized carbons (Fsp3) is 0.700. The normalized spacial score (nSPS) is 33.3. The van der Waals surface area contributed by atoms with Gasteiger partial charge in [0.05, 0.1) is 6.42 Å². The molecule has 0 bridgehead atoms. The molecule has 4 unspecified atom stereocenters. The van der Waals surface area contributed by atoms with Gasteiger partial charge in [0, 0.05) is 13.5 Å². The highest BCUT2D eigenvalue weighted by atomic mass is 17.3. The van der Waals surface area contributed by atoms with Crippen LogP contribution >= 0.6 is 0 Å². The third kappa shape index (κ3) is 4.41. The minimum absolute atomic E-state index is 0.101. The number of hydrogen-bond donors (Lipinski definition) is 0. The van der Waals surface area contributed by atoms with Crippen molar-refractivity contribution in [3.63, 3.8) is 0 Å². The Labute approximate surface area is 180 Å². The second kappa shape index (κ2) is 7.75. The number of ether oxygens (including phenoxy) is 7. The fourth-order valence-corrected chi connectivity index (χ4v) is 3.64. The highest BCUT2D eigenvalue weighted by Crippen LogP contribution is 2.50. The standard InChI is InChI=1S/C20H28O11/c1-11-19(7,28-15(21)24-11)9-13(23-8)27-18(5,6)31-30-14-10-20(17(3,4)26-14)12(2)25-16(22)29-20/h13-14H,1-2,9-10H2,3-8H3. The molecule has 0 aromatic rings. The van der Waals surface area contributed by atoms with E-state index in [9.17, 15) is 9.59 Å². The van der Waals surface area contributed by atoms with E-state index < -0.39 is 47.5 Å². The number of carbonyl (C=O) groups is 2. The van der Waals surface area contributed by atoms with Crippen molar-refractivity contribution in [2.24, 2.45) is 0 Å². The van der Waals surface area contributed by atoms with Crippen LogP contribution in [0.1, 0.15) is 47.5 Å². The van der Waals surface area contributed by atoms with Gasteiger partial charge in [0.1, 0.15) is 11.4 Å². The van der Waals surface area contributed by atoms with Crippen LogP contribution in [0.5, 0.6) is 0 Å². The third-order valence-electron chi connectivity index (χ3n) is 5.46. The lowest BCUT2D eigenvalue weighted by atomic mass is 9.84. The Bertz CT molecular complexity index is 788. The minimum Gasteiger partial charge on any atom is -0.419 e. The first-order valence-electron chi connectivity index (χ1n) is 9.65. The molecule has 31 heavy (non-hydrogen) atoms. The zero-order valence-corrected chi connectivity index (χ0v) is 18.5. The summed E-state index contributed by atoms with van der Waals surface area (Å²) in [5, 5.41) is 0. The van der Waals surface area contributed by atoms with Gasteiger partial charge in [-0.3, -0.25) is 0 Å². The van der Waals surface area contributed by atoms with Crippen LogP contribution in [0.15, 0.2) is 24.7 Å². The Balaban J connectivity index is 1.58. The number of hydrogen-bond acceptors (Lipinski definition) is 11. The van der Waals surface area contributed by atoms with Gasteiger partial charge in [-0.15, -0.1) is 0 Å². The highest BCUT2D eigenvalue weighted by molar-refractivity contribution is 5.67. The van der Waals surface area contributed by atoms with E-state index in [1.54, 1.807) is 34.6 Å². The van der Waals surface area contributed by atoms with Crippen LogP contribution in [-0.4, -0.2) is 54.6 Å². The number of methoxy groups -OCH3 is 1. The van der Waals surface area contributed by atoms with Gasteiger partial charge in [0.2, 0.25) is 5.60 Å². The largest absolute Gasteiger partial charge is 0.514 e. The topological polar surface area (TPSA) is 117 Å². The quantitative estimate of drug-likeness (QED) is 0.237. The first-order valence-corrected chi connectivity index (χ1v) is 9.65. The highest BCUT2D eigenvalue weighted by Gasteiger charge is 2.65. The number of carbonyl (C=O) groups excluding carboxylic acids is 2. The van der Waals surface area contributed by atoms with E-state index in [1.165, 1.54) is 7.11 Å². The molecule has 0 aromatic heterocycles. The molecule has 11 heteroatoms. The second-order valence-electron chi connectivity index (χ2n) is 8.64. The molecule has 1 spiro atoms. The lowest BCUT2D eigenvalue weighted by Gasteiger charge is -2.32. The van der Waals surface area contributed by atoms with E-state index >= 15 is 0 Å². The molecule has 3 aliphatic rings. The van der Waals surface area contributed by atoms with Gasteiger partial charge in [0.15, 0.2) is 29.7 Å². The summed E-state index contributed by atoms with van der Waals surface area (Å²) in [5.41, 5.74) is -3.28. The molecule has 0 aromatic carbocycles. The summed E-state index contributed by atoms with van der Waals surface area (Å²) in [6.45, 7) is 15.7. The van der Waals surface area contributed by atoms with Gasteiger partial charge in [-0.25, -0.2) is 14.5 Å². The van der Waals surface area contributed by atoms with E-state index in [-0.39, 0.29) is 24.4 Å². The van der Waals surface area contributed by atoms with Crippen molar-refractivity contribution in [2.45, 2.75) is 82.6 Å². The van der Waals surface area contributed by atoms with E-state index in [0.29, 0.717) is 0 Å². The molecule has 0 radical (unpaired) electrons. The SMILES string of the molecule is C=C1OC(=O)OC1(C)CC(OC)OC(C)(C)OOC1CC2(OC(=O)OC2=C)C(C)(C)O1. The Kier molecular flexibility index (Phi) is 5.87. The Morgan fingerprint density at radius 2 is 1.71 bits per heavy atom. The molecular formula is C20H28O11. The second-order valence-corrected chi connectivity index (χ2v) is 8.64. The zero-order valence-electron chi connectivity index (χ0n) is 18.5. The van der Waals surface area contributed by atoms with Gasteiger partial charge >= 0.3 is 12.3 Å². The summed E-state index contributed by atoms with van der Waals surface area (Å²) in [6.07, 6.45) is -3.22. The van der Waals surface area contributed by atoms with Crippen LogP contribution in [0.3, 0.4) is 0 Å². The van der Waals surface area contributed by atoms with Crippen LogP contribution in [0.2, 0.25) is 0 Å². The summed E-state index contributed by atoms with van der Waals surface area (Å²) < 4.78 is 37.3. The molecule has 0 N–H and O–H groups in total. The van der Waals surface area contributed by atoms with Crippen LogP contribution in [-0.2, 0) is 42.9 Å². The van der Waals surface area contributed by atoms with Crippen molar-refractivity contribution in [3.8, 4) is 0 Å². The number of rotatable bonds is 8. The van der Waals surface area contributed by atoms with Crippen molar-refractivity contribution in [1.82, 2.24) is 0 Å². The van der Waals surface area contributed by atoms with Crippen molar-refractivity contribution in [3.05, 3.63) is 24.7 Å². The molecule has 11 nitrogen and oxygen atoms in total. The van der Waals surface area contributed by atoms with Gasteiger partial charge in [-0.2, -0.15) is 4.89 Å². The summed E-state index contributed by atoms with van der Waals surface area (Å²) >= 11 is 0. The van der Waals surface area contributed by atoms with Crippen LogP contribution in [0, 0.1) is 0 Å². The molecule has 3 fully saturated rings. The van der Waals surface area contributed by atoms with Crippen molar-refractivity contribution < 1.29 is 52.5 Å². The first kappa shape index (κ1) is 23.5. The lowest BCUT2D eigenvalue weighted by Crippen LogP contribution is -2.47. The minimum atomic E-state index is -1.30. The maximum Gasteiger partial charge on any atom is 0.514 e. The lowest BCUT2D eigenvalue weighted by molar-refractivity contribution is -0.477. The van der Waals surface area contributed by atoms with Crippen molar-refractivity contribution in [2.75, 3.05) is 7.11 Å². The van der Waals surface area contributed by atoms with Gasteiger partial charge in [-0.1, -0.05) is 13.2 Å². The maximum atomic E-state index is 11.6. The van der Waals surface area contributed by atoms with E-state index in [2.05, 4.69) is 13.2 Å². The Morgan fingerprint density at radius 3 is 2.23 bits per heavy atom. The van der Waals surface area contributed by atoms with Gasteiger partial charge < -0.3 is 33.2 Å². The molecule has 0 saturated carbocycles. The van der Waals surface area contributed by atoms with Crippen LogP contribution in [0.25, 0.3) is 0 Å². The molecule has 3 heterocycles. The fourth-order valence-electron chi connectivity index (χ4n) is 3.64. The molecule has 3 rings (SSSR count). The molecule has 174 valence electrons. The third-order valence-corrected chi connectivity index (χ3v) is 5.46. The molecule has 0 aliphatic carbocycles. The smallest absolute Gasteiger partial charge is 0.419 e. The van der Waals surface area contributed by atoms with Crippen LogP contribution < -0.4 is 0 Å². The molecular weight excluding hydrogens is 416 g/mol. The predicted octanol–water partition coefficient (Wildman–Crippen LogP) is 3.43. The maximum absolute atomic E-state index is 11.6. The Morgan fingerprint density at radius 1 is 1.10 bits per heavy atom. The van der Waals surface area contributed by atoms with E-state index in [0.717, 1.165) is 0 Å². The summed E-state index contributed by atoms with van der Waals surface area (Å²) in [5.74, 6) is -1.01. The first-order chi connectivity index (χ1) is 14.2. The van der Waals surface area contributed by atoms with Gasteiger partial charge in [-0.05, 0) is 34.6 Å². The van der Waals surface area contributed by atoms with E-state index in [1.807, 2.05) is 0 Å². The van der Waals surface area contributed by atoms with Crippen LogP contribution in [0.4, 0.5) is 9.59 Å². The molecule has 3 aliphatic heterocycles. The molecule has 0 amide bonds. The Hall–Kier alpha value is -2.18. The summed E-state index contributed by atoms with van der Waals surface area (Å²) in [7, 11) is 1.43. The molecule has 4 atom stereocenters.